The van der Waals surface area contributed by atoms with E-state index >= 15 is 0 Å². The standard InChI is InChI=1S/C11H12N2O/c1-8-2-5-13-10(9(8)6-14)11(7-12)3-4-11/h2,5,14H,3-4,6H2,1H3. The summed E-state index contributed by atoms with van der Waals surface area (Å²) < 4.78 is 0. The molecule has 0 atom stereocenters. The molecule has 1 aliphatic rings. The molecule has 0 radical (unpaired) electrons. The fourth-order valence-electron chi connectivity index (χ4n) is 1.73. The third-order valence-corrected chi connectivity index (χ3v) is 2.87. The molecule has 1 aromatic heterocycles. The first-order valence-electron chi connectivity index (χ1n) is 4.70. The molecule has 1 aromatic rings. The lowest BCUT2D eigenvalue weighted by Crippen LogP contribution is -2.11. The van der Waals surface area contributed by atoms with Crippen molar-refractivity contribution >= 4 is 0 Å². The highest BCUT2D eigenvalue weighted by atomic mass is 16.3. The van der Waals surface area contributed by atoms with Gasteiger partial charge in [0.15, 0.2) is 0 Å². The summed E-state index contributed by atoms with van der Waals surface area (Å²) in [6.45, 7) is 1.91. The van der Waals surface area contributed by atoms with Gasteiger partial charge in [-0.15, -0.1) is 0 Å². The van der Waals surface area contributed by atoms with Crippen molar-refractivity contribution in [3.63, 3.8) is 0 Å². The zero-order valence-corrected chi connectivity index (χ0v) is 8.12. The number of aliphatic hydroxyl groups is 1. The van der Waals surface area contributed by atoms with Crippen LogP contribution in [-0.4, -0.2) is 10.1 Å². The molecule has 72 valence electrons. The molecule has 0 aliphatic heterocycles. The van der Waals surface area contributed by atoms with E-state index in [4.69, 9.17) is 5.26 Å². The zero-order valence-electron chi connectivity index (χ0n) is 8.12. The number of pyridine rings is 1. The number of nitriles is 1. The van der Waals surface area contributed by atoms with Gasteiger partial charge in [-0.05, 0) is 31.4 Å². The first-order valence-corrected chi connectivity index (χ1v) is 4.70. The van der Waals surface area contributed by atoms with Crippen LogP contribution in [0.15, 0.2) is 12.3 Å². The molecule has 0 amide bonds. The average molecular weight is 188 g/mol. The first kappa shape index (κ1) is 9.17. The highest BCUT2D eigenvalue weighted by molar-refractivity contribution is 5.42. The van der Waals surface area contributed by atoms with Gasteiger partial charge in [-0.3, -0.25) is 4.98 Å². The van der Waals surface area contributed by atoms with E-state index in [2.05, 4.69) is 11.1 Å². The molecule has 1 saturated carbocycles. The third-order valence-electron chi connectivity index (χ3n) is 2.87. The third kappa shape index (κ3) is 1.19. The molecule has 1 N–H and O–H groups in total. The number of nitrogens with zero attached hydrogens (tertiary/aromatic N) is 2. The van der Waals surface area contributed by atoms with Crippen molar-refractivity contribution in [1.82, 2.24) is 4.98 Å². The van der Waals surface area contributed by atoms with Gasteiger partial charge in [0.25, 0.3) is 0 Å². The predicted octanol–water partition coefficient (Wildman–Crippen LogP) is 1.44. The van der Waals surface area contributed by atoms with Gasteiger partial charge in [0.05, 0.1) is 23.8 Å². The molecule has 3 nitrogen and oxygen atoms in total. The van der Waals surface area contributed by atoms with Crippen LogP contribution >= 0.6 is 0 Å². The van der Waals surface area contributed by atoms with Crippen molar-refractivity contribution in [3.8, 4) is 6.07 Å². The lowest BCUT2D eigenvalue weighted by molar-refractivity contribution is 0.278. The van der Waals surface area contributed by atoms with Crippen LogP contribution in [0.3, 0.4) is 0 Å². The Balaban J connectivity index is 2.54. The topological polar surface area (TPSA) is 56.9 Å². The van der Waals surface area contributed by atoms with Crippen molar-refractivity contribution < 1.29 is 5.11 Å². The highest BCUT2D eigenvalue weighted by Gasteiger charge is 2.47. The predicted molar refractivity (Wildman–Crippen MR) is 51.4 cm³/mol. The Labute approximate surface area is 83.0 Å². The van der Waals surface area contributed by atoms with Crippen LogP contribution in [0.25, 0.3) is 0 Å². The van der Waals surface area contributed by atoms with E-state index in [1.807, 2.05) is 13.0 Å². The molecule has 1 heterocycles. The van der Waals surface area contributed by atoms with Gasteiger partial charge in [0.1, 0.15) is 0 Å². The lowest BCUT2D eigenvalue weighted by atomic mass is 9.96. The number of aromatic nitrogens is 1. The van der Waals surface area contributed by atoms with Gasteiger partial charge in [-0.25, -0.2) is 0 Å². The van der Waals surface area contributed by atoms with E-state index in [9.17, 15) is 5.11 Å². The molecule has 0 bridgehead atoms. The minimum absolute atomic E-state index is 0.0293. The second-order valence-electron chi connectivity index (χ2n) is 3.81. The van der Waals surface area contributed by atoms with E-state index < -0.39 is 5.41 Å². The van der Waals surface area contributed by atoms with Gasteiger partial charge in [0.2, 0.25) is 0 Å². The van der Waals surface area contributed by atoms with Crippen molar-refractivity contribution in [3.05, 3.63) is 29.1 Å². The van der Waals surface area contributed by atoms with Gasteiger partial charge in [0, 0.05) is 11.8 Å². The fourth-order valence-corrected chi connectivity index (χ4v) is 1.73. The summed E-state index contributed by atoms with van der Waals surface area (Å²) in [5, 5.41) is 18.3. The van der Waals surface area contributed by atoms with E-state index in [1.165, 1.54) is 0 Å². The van der Waals surface area contributed by atoms with Gasteiger partial charge < -0.3 is 5.11 Å². The maximum Gasteiger partial charge on any atom is 0.0998 e. The minimum Gasteiger partial charge on any atom is -0.392 e. The highest BCUT2D eigenvalue weighted by Crippen LogP contribution is 2.48. The summed E-state index contributed by atoms with van der Waals surface area (Å²) >= 11 is 0. The van der Waals surface area contributed by atoms with Crippen LogP contribution in [0.5, 0.6) is 0 Å². The molecule has 0 aromatic carbocycles. The quantitative estimate of drug-likeness (QED) is 0.764. The average Bonchev–Trinajstić information content (AvgIpc) is 2.98. The molecule has 2 rings (SSSR count). The van der Waals surface area contributed by atoms with Crippen LogP contribution in [0, 0.1) is 18.3 Å². The Morgan fingerprint density at radius 1 is 1.64 bits per heavy atom. The maximum absolute atomic E-state index is 9.24. The van der Waals surface area contributed by atoms with Gasteiger partial charge >= 0.3 is 0 Å². The summed E-state index contributed by atoms with van der Waals surface area (Å²) in [5.41, 5.74) is 2.22. The summed E-state index contributed by atoms with van der Waals surface area (Å²) in [5.74, 6) is 0. The van der Waals surface area contributed by atoms with Crippen molar-refractivity contribution in [1.29, 1.82) is 5.26 Å². The van der Waals surface area contributed by atoms with Crippen LogP contribution in [0.4, 0.5) is 0 Å². The Morgan fingerprint density at radius 3 is 2.86 bits per heavy atom. The number of hydrogen-bond acceptors (Lipinski definition) is 3. The molecule has 0 unspecified atom stereocenters. The molecular formula is C11H12N2O. The molecule has 0 spiro atoms. The largest absolute Gasteiger partial charge is 0.392 e. The Kier molecular flexibility index (Phi) is 2.01. The van der Waals surface area contributed by atoms with Crippen LogP contribution in [-0.2, 0) is 12.0 Å². The second kappa shape index (κ2) is 3.07. The summed E-state index contributed by atoms with van der Waals surface area (Å²) in [6, 6.07) is 4.16. The van der Waals surface area contributed by atoms with E-state index in [0.29, 0.717) is 0 Å². The van der Waals surface area contributed by atoms with E-state index in [-0.39, 0.29) is 6.61 Å². The molecule has 1 aliphatic carbocycles. The van der Waals surface area contributed by atoms with Crippen molar-refractivity contribution in [2.24, 2.45) is 0 Å². The zero-order chi connectivity index (χ0) is 10.2. The van der Waals surface area contributed by atoms with Gasteiger partial charge in [-0.2, -0.15) is 5.26 Å². The van der Waals surface area contributed by atoms with E-state index in [1.54, 1.807) is 6.20 Å². The number of aryl methyl sites for hydroxylation is 1. The smallest absolute Gasteiger partial charge is 0.0998 e. The minimum atomic E-state index is -0.399. The monoisotopic (exact) mass is 188 g/mol. The normalized spacial score (nSPS) is 17.5. The van der Waals surface area contributed by atoms with Crippen molar-refractivity contribution in [2.45, 2.75) is 31.8 Å². The SMILES string of the molecule is Cc1ccnc(C2(C#N)CC2)c1CO. The Hall–Kier alpha value is -1.40. The summed E-state index contributed by atoms with van der Waals surface area (Å²) in [7, 11) is 0. The second-order valence-corrected chi connectivity index (χ2v) is 3.81. The summed E-state index contributed by atoms with van der Waals surface area (Å²) in [4.78, 5) is 4.23. The van der Waals surface area contributed by atoms with Crippen LogP contribution in [0.1, 0.15) is 29.7 Å². The molecule has 0 saturated heterocycles. The first-order chi connectivity index (χ1) is 6.73. The molecule has 1 fully saturated rings. The Morgan fingerprint density at radius 2 is 2.36 bits per heavy atom. The lowest BCUT2D eigenvalue weighted by Gasteiger charge is -2.12. The maximum atomic E-state index is 9.24. The molecule has 3 heteroatoms. The Bertz CT molecular complexity index is 402. The van der Waals surface area contributed by atoms with Crippen LogP contribution in [0.2, 0.25) is 0 Å². The number of hydrogen-bond donors (Lipinski definition) is 1. The van der Waals surface area contributed by atoms with Crippen molar-refractivity contribution in [2.75, 3.05) is 0 Å². The fraction of sp³-hybridized carbons (Fsp3) is 0.455. The van der Waals surface area contributed by atoms with Gasteiger partial charge in [-0.1, -0.05) is 0 Å². The number of rotatable bonds is 2. The molecular weight excluding hydrogens is 176 g/mol. The van der Waals surface area contributed by atoms with E-state index in [0.717, 1.165) is 29.7 Å². The molecule has 14 heavy (non-hydrogen) atoms. The van der Waals surface area contributed by atoms with Crippen LogP contribution < -0.4 is 0 Å². The number of aliphatic hydroxyl groups excluding tert-OH is 1. The summed E-state index contributed by atoms with van der Waals surface area (Å²) in [6.07, 6.45) is 3.45.